The SMILES string of the molecule is c1ccc(-c2ccc(N(c3ccc(-c4cccc(-c5ccc6c(c5)c5ccccc5n6-c5ccccc5)c4-c4ccccc4)cc3)c3ccc(-c4cccc5c4oc4ccccc45)cc3)cc2)cc1. The lowest BCUT2D eigenvalue weighted by Crippen LogP contribution is -2.09. The first-order valence-electron chi connectivity index (χ1n) is 23.6. The Kier molecular flexibility index (Phi) is 9.84. The lowest BCUT2D eigenvalue weighted by atomic mass is 9.87. The summed E-state index contributed by atoms with van der Waals surface area (Å²) in [5.74, 6) is 0. The van der Waals surface area contributed by atoms with Gasteiger partial charge in [0, 0.05) is 49.9 Å². The molecule has 2 aromatic heterocycles. The van der Waals surface area contributed by atoms with Crippen molar-refractivity contribution >= 4 is 60.8 Å². The van der Waals surface area contributed by atoms with Crippen molar-refractivity contribution in [3.63, 3.8) is 0 Å². The maximum Gasteiger partial charge on any atom is 0.143 e. The molecule has 13 aromatic rings. The van der Waals surface area contributed by atoms with Gasteiger partial charge in [-0.2, -0.15) is 0 Å². The molecule has 324 valence electrons. The minimum atomic E-state index is 0.901. The maximum atomic E-state index is 6.46. The molecule has 3 heteroatoms. The summed E-state index contributed by atoms with van der Waals surface area (Å²) in [4.78, 5) is 2.35. The van der Waals surface area contributed by atoms with Crippen LogP contribution in [0, 0.1) is 0 Å². The summed E-state index contributed by atoms with van der Waals surface area (Å²) >= 11 is 0. The van der Waals surface area contributed by atoms with E-state index in [1.54, 1.807) is 0 Å². The Morgan fingerprint density at radius 1 is 0.290 bits per heavy atom. The second-order valence-electron chi connectivity index (χ2n) is 17.6. The second-order valence-corrected chi connectivity index (χ2v) is 17.6. The van der Waals surface area contributed by atoms with Gasteiger partial charge in [-0.3, -0.25) is 0 Å². The van der Waals surface area contributed by atoms with E-state index in [2.05, 4.69) is 264 Å². The quantitative estimate of drug-likeness (QED) is 0.144. The van der Waals surface area contributed by atoms with Crippen LogP contribution in [0.2, 0.25) is 0 Å². The van der Waals surface area contributed by atoms with Crippen LogP contribution in [0.4, 0.5) is 17.1 Å². The molecule has 0 unspecified atom stereocenters. The Bertz CT molecular complexity index is 3960. The number of fused-ring (bicyclic) bond motifs is 6. The number of hydrogen-bond donors (Lipinski definition) is 0. The van der Waals surface area contributed by atoms with Gasteiger partial charge in [-0.25, -0.2) is 0 Å². The largest absolute Gasteiger partial charge is 0.455 e. The highest BCUT2D eigenvalue weighted by atomic mass is 16.3. The van der Waals surface area contributed by atoms with E-state index < -0.39 is 0 Å². The molecule has 0 aliphatic heterocycles. The summed E-state index contributed by atoms with van der Waals surface area (Å²) in [7, 11) is 0. The molecular formula is C66H44N2O. The molecule has 11 aromatic carbocycles. The molecule has 0 saturated heterocycles. The van der Waals surface area contributed by atoms with Gasteiger partial charge in [-0.05, 0) is 123 Å². The van der Waals surface area contributed by atoms with Crippen LogP contribution >= 0.6 is 0 Å². The van der Waals surface area contributed by atoms with Gasteiger partial charge in [0.1, 0.15) is 11.2 Å². The second kappa shape index (κ2) is 16.9. The highest BCUT2D eigenvalue weighted by Crippen LogP contribution is 2.44. The molecule has 0 radical (unpaired) electrons. The summed E-state index contributed by atoms with van der Waals surface area (Å²) < 4.78 is 8.83. The molecule has 2 heterocycles. The van der Waals surface area contributed by atoms with Crippen molar-refractivity contribution < 1.29 is 4.42 Å². The molecule has 0 aliphatic carbocycles. The van der Waals surface area contributed by atoms with Gasteiger partial charge < -0.3 is 13.9 Å². The molecule has 0 spiro atoms. The standard InChI is InChI=1S/C66H44N2O/c1-4-16-45(17-5-1)46-30-37-52(38-31-46)67(54-41-34-48(35-42-54)57-26-15-27-60-59-23-11-13-29-64(59)69-66(57)60)53-39-32-47(33-40-53)55-24-14-25-56(65(55)49-18-6-2-7-19-49)50-36-43-63-61(44-50)58-22-10-12-28-62(58)68(63)51-20-8-3-9-21-51/h1-44H. The fourth-order valence-corrected chi connectivity index (χ4v) is 10.4. The number of rotatable bonds is 9. The molecule has 0 aliphatic rings. The summed E-state index contributed by atoms with van der Waals surface area (Å²) in [5, 5.41) is 4.73. The monoisotopic (exact) mass is 880 g/mol. The van der Waals surface area contributed by atoms with Gasteiger partial charge in [0.05, 0.1) is 11.0 Å². The van der Waals surface area contributed by atoms with E-state index in [0.29, 0.717) is 0 Å². The van der Waals surface area contributed by atoms with Crippen LogP contribution in [0.1, 0.15) is 0 Å². The predicted octanol–water partition coefficient (Wildman–Crippen LogP) is 18.5. The van der Waals surface area contributed by atoms with E-state index >= 15 is 0 Å². The number of anilines is 3. The van der Waals surface area contributed by atoms with E-state index in [4.69, 9.17) is 4.42 Å². The molecule has 0 bridgehead atoms. The van der Waals surface area contributed by atoms with Gasteiger partial charge in [-0.15, -0.1) is 0 Å². The first-order chi connectivity index (χ1) is 34.2. The van der Waals surface area contributed by atoms with Gasteiger partial charge in [0.2, 0.25) is 0 Å². The Labute approximate surface area is 401 Å². The van der Waals surface area contributed by atoms with Crippen LogP contribution in [0.3, 0.4) is 0 Å². The number of benzene rings is 11. The Morgan fingerprint density at radius 2 is 0.754 bits per heavy atom. The average Bonchev–Trinajstić information content (AvgIpc) is 3.98. The number of nitrogens with zero attached hydrogens (tertiary/aromatic N) is 2. The van der Waals surface area contributed by atoms with Crippen molar-refractivity contribution in [2.45, 2.75) is 0 Å². The van der Waals surface area contributed by atoms with E-state index in [-0.39, 0.29) is 0 Å². The Hall–Kier alpha value is -9.18. The van der Waals surface area contributed by atoms with E-state index in [1.807, 2.05) is 12.1 Å². The number of furan rings is 1. The fourth-order valence-electron chi connectivity index (χ4n) is 10.4. The van der Waals surface area contributed by atoms with Gasteiger partial charge in [-0.1, -0.05) is 194 Å². The zero-order chi connectivity index (χ0) is 45.7. The predicted molar refractivity (Wildman–Crippen MR) is 290 cm³/mol. The summed E-state index contributed by atoms with van der Waals surface area (Å²) in [5.41, 5.74) is 20.2. The first-order valence-corrected chi connectivity index (χ1v) is 23.6. The van der Waals surface area contributed by atoms with Crippen molar-refractivity contribution in [3.05, 3.63) is 267 Å². The van der Waals surface area contributed by atoms with Crippen LogP contribution in [-0.4, -0.2) is 4.57 Å². The Balaban J connectivity index is 0.912. The molecular weight excluding hydrogens is 837 g/mol. The average molecular weight is 881 g/mol. The molecule has 0 N–H and O–H groups in total. The van der Waals surface area contributed by atoms with Crippen molar-refractivity contribution in [2.24, 2.45) is 0 Å². The number of aromatic nitrogens is 1. The number of hydrogen-bond acceptors (Lipinski definition) is 2. The van der Waals surface area contributed by atoms with Crippen LogP contribution < -0.4 is 4.90 Å². The lowest BCUT2D eigenvalue weighted by molar-refractivity contribution is 0.670. The van der Waals surface area contributed by atoms with Crippen LogP contribution in [0.5, 0.6) is 0 Å². The third kappa shape index (κ3) is 7.08. The summed E-state index contributed by atoms with van der Waals surface area (Å²) in [6.45, 7) is 0. The highest BCUT2D eigenvalue weighted by molar-refractivity contribution is 6.12. The van der Waals surface area contributed by atoms with Crippen molar-refractivity contribution in [3.8, 4) is 61.3 Å². The smallest absolute Gasteiger partial charge is 0.143 e. The van der Waals surface area contributed by atoms with Gasteiger partial charge >= 0.3 is 0 Å². The summed E-state index contributed by atoms with van der Waals surface area (Å²) in [6.07, 6.45) is 0. The molecule has 0 saturated carbocycles. The molecule has 0 amide bonds. The van der Waals surface area contributed by atoms with Crippen LogP contribution in [0.15, 0.2) is 271 Å². The van der Waals surface area contributed by atoms with E-state index in [1.165, 1.54) is 60.8 Å². The van der Waals surface area contributed by atoms with E-state index in [9.17, 15) is 0 Å². The molecule has 3 nitrogen and oxygen atoms in total. The minimum absolute atomic E-state index is 0.901. The zero-order valence-electron chi connectivity index (χ0n) is 37.7. The molecule has 13 rings (SSSR count). The summed E-state index contributed by atoms with van der Waals surface area (Å²) in [6, 6.07) is 96.1. The molecule has 69 heavy (non-hydrogen) atoms. The maximum absolute atomic E-state index is 6.46. The molecule has 0 atom stereocenters. The lowest BCUT2D eigenvalue weighted by Gasteiger charge is -2.26. The van der Waals surface area contributed by atoms with Gasteiger partial charge in [0.15, 0.2) is 0 Å². The fraction of sp³-hybridized carbons (Fsp3) is 0. The van der Waals surface area contributed by atoms with Crippen molar-refractivity contribution in [2.75, 3.05) is 4.90 Å². The first kappa shape index (κ1) is 40.1. The van der Waals surface area contributed by atoms with E-state index in [0.717, 1.165) is 61.4 Å². The van der Waals surface area contributed by atoms with Crippen LogP contribution in [-0.2, 0) is 0 Å². The van der Waals surface area contributed by atoms with Gasteiger partial charge in [0.25, 0.3) is 0 Å². The Morgan fingerprint density at radius 3 is 1.43 bits per heavy atom. The third-order valence-electron chi connectivity index (χ3n) is 13.6. The topological polar surface area (TPSA) is 21.3 Å². The van der Waals surface area contributed by atoms with Crippen molar-refractivity contribution in [1.29, 1.82) is 0 Å². The normalized spacial score (nSPS) is 11.5. The highest BCUT2D eigenvalue weighted by Gasteiger charge is 2.20. The van der Waals surface area contributed by atoms with Crippen LogP contribution in [0.25, 0.3) is 105 Å². The minimum Gasteiger partial charge on any atom is -0.455 e. The zero-order valence-corrected chi connectivity index (χ0v) is 37.7. The third-order valence-corrected chi connectivity index (χ3v) is 13.6. The molecule has 0 fully saturated rings. The number of para-hydroxylation sites is 4. The van der Waals surface area contributed by atoms with Crippen molar-refractivity contribution in [1.82, 2.24) is 4.57 Å².